The third-order valence-corrected chi connectivity index (χ3v) is 11.7. The van der Waals surface area contributed by atoms with E-state index in [9.17, 15) is 14.4 Å². The first kappa shape index (κ1) is 61.1. The van der Waals surface area contributed by atoms with Crippen LogP contribution in [0.1, 0.15) is 271 Å². The maximum atomic E-state index is 12.8. The van der Waals surface area contributed by atoms with Crippen LogP contribution in [0.3, 0.4) is 0 Å². The van der Waals surface area contributed by atoms with Gasteiger partial charge in [0.15, 0.2) is 6.10 Å². The van der Waals surface area contributed by atoms with Crippen LogP contribution >= 0.6 is 0 Å². The van der Waals surface area contributed by atoms with Crippen LogP contribution in [0.15, 0.2) is 60.8 Å². The molecule has 0 unspecified atom stereocenters. The average Bonchev–Trinajstić information content (AvgIpc) is 3.29. The number of hydrogen-bond acceptors (Lipinski definition) is 6. The van der Waals surface area contributed by atoms with Crippen molar-refractivity contribution >= 4 is 17.9 Å². The summed E-state index contributed by atoms with van der Waals surface area (Å²) in [6.45, 7) is 6.57. The summed E-state index contributed by atoms with van der Waals surface area (Å²) < 4.78 is 16.8. The number of carbonyl (C=O) groups is 3. The molecule has 0 aromatic carbocycles. The van der Waals surface area contributed by atoms with E-state index in [-0.39, 0.29) is 31.1 Å². The van der Waals surface area contributed by atoms with Gasteiger partial charge in [-0.25, -0.2) is 0 Å². The van der Waals surface area contributed by atoms with Gasteiger partial charge < -0.3 is 14.2 Å². The van der Waals surface area contributed by atoms with Gasteiger partial charge in [0.25, 0.3) is 0 Å². The predicted molar refractivity (Wildman–Crippen MR) is 275 cm³/mol. The fourth-order valence-corrected chi connectivity index (χ4v) is 7.60. The molecule has 0 aliphatic rings. The zero-order valence-corrected chi connectivity index (χ0v) is 42.3. The van der Waals surface area contributed by atoms with Crippen molar-refractivity contribution in [1.82, 2.24) is 0 Å². The van der Waals surface area contributed by atoms with Gasteiger partial charge in [0, 0.05) is 19.3 Å². The van der Waals surface area contributed by atoms with Gasteiger partial charge in [-0.15, -0.1) is 0 Å². The summed E-state index contributed by atoms with van der Waals surface area (Å²) >= 11 is 0. The number of unbranched alkanes of at least 4 members (excludes halogenated alkanes) is 28. The molecule has 6 nitrogen and oxygen atoms in total. The van der Waals surface area contributed by atoms with Gasteiger partial charge in [0.05, 0.1) is 0 Å². The highest BCUT2D eigenvalue weighted by Crippen LogP contribution is 2.15. The molecule has 0 aromatic heterocycles. The lowest BCUT2D eigenvalue weighted by molar-refractivity contribution is -0.167. The highest BCUT2D eigenvalue weighted by Gasteiger charge is 2.19. The van der Waals surface area contributed by atoms with Gasteiger partial charge in [-0.05, 0) is 89.9 Å². The third-order valence-electron chi connectivity index (χ3n) is 11.7. The number of rotatable bonds is 49. The number of allylic oxidation sites excluding steroid dienone is 10. The zero-order chi connectivity index (χ0) is 46.5. The zero-order valence-electron chi connectivity index (χ0n) is 42.3. The van der Waals surface area contributed by atoms with E-state index in [1.807, 2.05) is 0 Å². The molecule has 0 fully saturated rings. The summed E-state index contributed by atoms with van der Waals surface area (Å²) in [5.41, 5.74) is 0. The number of esters is 3. The van der Waals surface area contributed by atoms with Crippen LogP contribution in [0.5, 0.6) is 0 Å². The van der Waals surface area contributed by atoms with Crippen molar-refractivity contribution in [3.8, 4) is 0 Å². The van der Waals surface area contributed by atoms with E-state index in [0.717, 1.165) is 103 Å². The van der Waals surface area contributed by atoms with Gasteiger partial charge in [0.2, 0.25) is 0 Å². The summed E-state index contributed by atoms with van der Waals surface area (Å²) in [4.78, 5) is 38.0. The van der Waals surface area contributed by atoms with Crippen LogP contribution in [-0.2, 0) is 28.6 Å². The molecule has 0 aliphatic heterocycles. The van der Waals surface area contributed by atoms with Crippen LogP contribution < -0.4 is 0 Å². The quantitative estimate of drug-likeness (QED) is 0.0262. The Bertz CT molecular complexity index is 1170. The Balaban J connectivity index is 4.39. The first-order valence-electron chi connectivity index (χ1n) is 27.3. The van der Waals surface area contributed by atoms with Crippen LogP contribution in [0.4, 0.5) is 0 Å². The maximum absolute atomic E-state index is 12.8. The Morgan fingerprint density at radius 2 is 0.562 bits per heavy atom. The monoisotopic (exact) mass is 895 g/mol. The van der Waals surface area contributed by atoms with Crippen molar-refractivity contribution in [2.75, 3.05) is 13.2 Å². The van der Waals surface area contributed by atoms with E-state index in [0.29, 0.717) is 19.3 Å². The third kappa shape index (κ3) is 50.1. The molecule has 6 heteroatoms. The summed E-state index contributed by atoms with van der Waals surface area (Å²) in [5, 5.41) is 0. The molecular formula is C58H102O6. The van der Waals surface area contributed by atoms with Crippen molar-refractivity contribution < 1.29 is 28.6 Å². The Labute approximate surface area is 396 Å². The molecule has 0 aliphatic carbocycles. The van der Waals surface area contributed by atoms with Crippen LogP contribution in [0, 0.1) is 0 Å². The highest BCUT2D eigenvalue weighted by molar-refractivity contribution is 5.71. The minimum absolute atomic E-state index is 0.0823. The summed E-state index contributed by atoms with van der Waals surface area (Å²) in [6, 6.07) is 0. The first-order valence-corrected chi connectivity index (χ1v) is 27.3. The first-order chi connectivity index (χ1) is 31.5. The number of ether oxygens (including phenoxy) is 3. The lowest BCUT2D eigenvalue weighted by Gasteiger charge is -2.18. The molecule has 0 saturated heterocycles. The fraction of sp³-hybridized carbons (Fsp3) is 0.776. The van der Waals surface area contributed by atoms with Crippen molar-refractivity contribution in [3.63, 3.8) is 0 Å². The van der Waals surface area contributed by atoms with E-state index in [1.54, 1.807) is 0 Å². The van der Waals surface area contributed by atoms with E-state index < -0.39 is 6.10 Å². The van der Waals surface area contributed by atoms with E-state index >= 15 is 0 Å². The van der Waals surface area contributed by atoms with E-state index in [2.05, 4.69) is 81.5 Å². The average molecular weight is 895 g/mol. The molecule has 1 atom stereocenters. The molecule has 0 spiro atoms. The number of carbonyl (C=O) groups excluding carboxylic acids is 3. The van der Waals surface area contributed by atoms with Crippen LogP contribution in [-0.4, -0.2) is 37.2 Å². The molecule has 370 valence electrons. The molecule has 0 heterocycles. The summed E-state index contributed by atoms with van der Waals surface area (Å²) in [6.07, 6.45) is 64.8. The second-order valence-corrected chi connectivity index (χ2v) is 18.1. The largest absolute Gasteiger partial charge is 0.462 e. The Kier molecular flexibility index (Phi) is 50.4. The molecule has 0 amide bonds. The lowest BCUT2D eigenvalue weighted by Crippen LogP contribution is -2.30. The van der Waals surface area contributed by atoms with Crippen molar-refractivity contribution in [2.45, 2.75) is 277 Å². The van der Waals surface area contributed by atoms with Gasteiger partial charge in [-0.2, -0.15) is 0 Å². The Hall–Kier alpha value is -2.89. The summed E-state index contributed by atoms with van der Waals surface area (Å²) in [5.74, 6) is -0.902. The lowest BCUT2D eigenvalue weighted by atomic mass is 10.0. The molecule has 64 heavy (non-hydrogen) atoms. The molecule has 0 N–H and O–H groups in total. The smallest absolute Gasteiger partial charge is 0.306 e. The SMILES string of the molecule is CCCCC/C=C\C/C=C\C/C=C\CCCCCCCCC(=O)OC[C@@H](COC(=O)CCCCCCCCCCCCCC)OC(=O)CCCCCCC/C=C\C/C=C\CCCCC. The minimum atomic E-state index is -0.785. The van der Waals surface area contributed by atoms with Gasteiger partial charge in [0.1, 0.15) is 13.2 Å². The van der Waals surface area contributed by atoms with Gasteiger partial charge in [-0.1, -0.05) is 223 Å². The minimum Gasteiger partial charge on any atom is -0.462 e. The summed E-state index contributed by atoms with van der Waals surface area (Å²) in [7, 11) is 0. The standard InChI is InChI=1S/C58H102O6/c1-4-7-10-13-16-19-22-25-27-28-29-30-32-33-36-39-42-45-48-51-57(60)63-54-55(53-62-56(59)50-47-44-41-38-35-24-21-18-15-12-9-6-3)64-58(61)52-49-46-43-40-37-34-31-26-23-20-17-14-11-8-5-2/h16-17,19-20,25-27,29-31,55H,4-15,18,21-24,28,32-54H2,1-3H3/b19-16-,20-17-,27-25-,30-29-,31-26-/t55-/m1/s1. The number of hydrogen-bond donors (Lipinski definition) is 0. The molecule has 0 rings (SSSR count). The Morgan fingerprint density at radius 1 is 0.312 bits per heavy atom. The second kappa shape index (κ2) is 52.7. The van der Waals surface area contributed by atoms with Crippen LogP contribution in [0.25, 0.3) is 0 Å². The highest BCUT2D eigenvalue weighted by atomic mass is 16.6. The van der Waals surface area contributed by atoms with E-state index in [4.69, 9.17) is 14.2 Å². The van der Waals surface area contributed by atoms with Gasteiger partial charge in [-0.3, -0.25) is 14.4 Å². The topological polar surface area (TPSA) is 78.9 Å². The van der Waals surface area contributed by atoms with E-state index in [1.165, 1.54) is 128 Å². The predicted octanol–water partition coefficient (Wildman–Crippen LogP) is 18.0. The van der Waals surface area contributed by atoms with Gasteiger partial charge >= 0.3 is 17.9 Å². The van der Waals surface area contributed by atoms with Crippen molar-refractivity contribution in [2.24, 2.45) is 0 Å². The van der Waals surface area contributed by atoms with Crippen LogP contribution in [0.2, 0.25) is 0 Å². The molecule has 0 aromatic rings. The van der Waals surface area contributed by atoms with Crippen molar-refractivity contribution in [3.05, 3.63) is 60.8 Å². The van der Waals surface area contributed by atoms with Crippen molar-refractivity contribution in [1.29, 1.82) is 0 Å². The molecule has 0 saturated carbocycles. The molecule has 0 radical (unpaired) electrons. The fourth-order valence-electron chi connectivity index (χ4n) is 7.60. The Morgan fingerprint density at radius 3 is 0.906 bits per heavy atom. The maximum Gasteiger partial charge on any atom is 0.306 e. The normalized spacial score (nSPS) is 12.5. The molecule has 0 bridgehead atoms. The second-order valence-electron chi connectivity index (χ2n) is 18.1. The molecular weight excluding hydrogens is 793 g/mol.